The summed E-state index contributed by atoms with van der Waals surface area (Å²) in [5.41, 5.74) is 3.82. The minimum absolute atomic E-state index is 0.221. The molecule has 0 saturated heterocycles. The van der Waals surface area contributed by atoms with Gasteiger partial charge < -0.3 is 4.74 Å². The number of ether oxygens (including phenoxy) is 1. The quantitative estimate of drug-likeness (QED) is 0.446. The highest BCUT2D eigenvalue weighted by Crippen LogP contribution is 2.19. The van der Waals surface area contributed by atoms with E-state index in [1.165, 1.54) is 0 Å². The van der Waals surface area contributed by atoms with Crippen LogP contribution in [0.1, 0.15) is 20.3 Å². The van der Waals surface area contributed by atoms with Crippen LogP contribution in [-0.2, 0) is 9.53 Å². The van der Waals surface area contributed by atoms with E-state index in [-0.39, 0.29) is 5.97 Å². The van der Waals surface area contributed by atoms with E-state index in [9.17, 15) is 4.79 Å². The molecule has 0 aromatic carbocycles. The Morgan fingerprint density at radius 2 is 2.00 bits per heavy atom. The molecule has 0 amide bonds. The summed E-state index contributed by atoms with van der Waals surface area (Å²) < 4.78 is 5.10. The Balaban J connectivity index is 0.000000531. The standard InChI is InChI=1S/C11H8O2.C2H6/c12-11-8-4-6-9-5-2-1-3-7-10(9)13-11;1-2/h2-7H,8H2;1-2H3. The number of esters is 1. The summed E-state index contributed by atoms with van der Waals surface area (Å²) in [5, 5.41) is 0. The topological polar surface area (TPSA) is 26.3 Å². The van der Waals surface area contributed by atoms with Gasteiger partial charge in [-0.2, -0.15) is 0 Å². The molecule has 0 unspecified atom stereocenters. The first-order chi connectivity index (χ1) is 7.36. The van der Waals surface area contributed by atoms with Gasteiger partial charge in [-0.15, -0.1) is 5.73 Å². The molecule has 0 spiro atoms. The molecule has 2 rings (SSSR count). The minimum atomic E-state index is -0.221. The SMILES string of the molecule is CC.O=C1CC=CC2=CC=C=CC=C2O1. The van der Waals surface area contributed by atoms with Crippen LogP contribution < -0.4 is 0 Å². The zero-order valence-electron chi connectivity index (χ0n) is 8.99. The third kappa shape index (κ3) is 3.12. The molecule has 0 bridgehead atoms. The number of carbonyl (C=O) groups is 1. The Labute approximate surface area is 89.9 Å². The molecule has 0 fully saturated rings. The molecule has 1 aliphatic carbocycles. The van der Waals surface area contributed by atoms with Gasteiger partial charge in [0.2, 0.25) is 0 Å². The molecule has 0 saturated carbocycles. The van der Waals surface area contributed by atoms with Crippen LogP contribution in [0.25, 0.3) is 0 Å². The fourth-order valence-corrected chi connectivity index (χ4v) is 1.17. The Morgan fingerprint density at radius 3 is 2.80 bits per heavy atom. The second kappa shape index (κ2) is 5.84. The van der Waals surface area contributed by atoms with Crippen LogP contribution in [0.3, 0.4) is 0 Å². The highest BCUT2D eigenvalue weighted by Gasteiger charge is 2.12. The van der Waals surface area contributed by atoms with Gasteiger partial charge in [0.15, 0.2) is 0 Å². The van der Waals surface area contributed by atoms with Crippen LogP contribution in [0.5, 0.6) is 0 Å². The van der Waals surface area contributed by atoms with Crippen LogP contribution in [0, 0.1) is 0 Å². The molecular formula is C13H14O2. The van der Waals surface area contributed by atoms with Crippen molar-refractivity contribution in [2.75, 3.05) is 0 Å². The number of carbonyl (C=O) groups excluding carboxylic acids is 1. The normalized spacial score (nSPS) is 17.3. The van der Waals surface area contributed by atoms with Crippen molar-refractivity contribution in [3.63, 3.8) is 0 Å². The Bertz CT molecular complexity index is 389. The fraction of sp³-hybridized carbons (Fsp3) is 0.231. The summed E-state index contributed by atoms with van der Waals surface area (Å²) in [4.78, 5) is 11.1. The third-order valence-corrected chi connectivity index (χ3v) is 1.78. The molecule has 1 heterocycles. The van der Waals surface area contributed by atoms with Crippen LogP contribution >= 0.6 is 0 Å². The predicted molar refractivity (Wildman–Crippen MR) is 60.0 cm³/mol. The van der Waals surface area contributed by atoms with Gasteiger partial charge in [0, 0.05) is 5.57 Å². The molecule has 78 valence electrons. The number of rotatable bonds is 0. The lowest BCUT2D eigenvalue weighted by molar-refractivity contribution is -0.137. The zero-order valence-corrected chi connectivity index (χ0v) is 8.99. The third-order valence-electron chi connectivity index (χ3n) is 1.78. The number of fused-ring (bicyclic) bond motifs is 1. The van der Waals surface area contributed by atoms with Crippen molar-refractivity contribution in [1.82, 2.24) is 0 Å². The van der Waals surface area contributed by atoms with E-state index in [1.54, 1.807) is 24.3 Å². The second-order valence-electron chi connectivity index (χ2n) is 2.73. The smallest absolute Gasteiger partial charge is 0.315 e. The average Bonchev–Trinajstić information content (AvgIpc) is 2.55. The molecule has 0 radical (unpaired) electrons. The number of hydrogen-bond acceptors (Lipinski definition) is 2. The monoisotopic (exact) mass is 202 g/mol. The first-order valence-corrected chi connectivity index (χ1v) is 5.07. The van der Waals surface area contributed by atoms with Crippen molar-refractivity contribution in [3.05, 3.63) is 53.5 Å². The highest BCUT2D eigenvalue weighted by atomic mass is 16.5. The summed E-state index contributed by atoms with van der Waals surface area (Å²) in [5.74, 6) is 0.376. The maximum Gasteiger partial charge on any atom is 0.315 e. The Kier molecular flexibility index (Phi) is 4.39. The Hall–Kier alpha value is -1.79. The van der Waals surface area contributed by atoms with Gasteiger partial charge in [0.05, 0.1) is 6.42 Å². The molecule has 0 aromatic heterocycles. The van der Waals surface area contributed by atoms with Gasteiger partial charge in [-0.3, -0.25) is 4.79 Å². The second-order valence-corrected chi connectivity index (χ2v) is 2.73. The number of hydrogen-bond donors (Lipinski definition) is 0. The van der Waals surface area contributed by atoms with Gasteiger partial charge in [0.1, 0.15) is 5.76 Å². The maximum atomic E-state index is 11.1. The van der Waals surface area contributed by atoms with Crippen molar-refractivity contribution in [2.45, 2.75) is 20.3 Å². The summed E-state index contributed by atoms with van der Waals surface area (Å²) >= 11 is 0. The van der Waals surface area contributed by atoms with E-state index in [0.29, 0.717) is 12.2 Å². The first-order valence-electron chi connectivity index (χ1n) is 5.07. The van der Waals surface area contributed by atoms with Gasteiger partial charge in [-0.05, 0) is 24.3 Å². The van der Waals surface area contributed by atoms with Gasteiger partial charge in [-0.25, -0.2) is 0 Å². The van der Waals surface area contributed by atoms with E-state index >= 15 is 0 Å². The fourth-order valence-electron chi connectivity index (χ4n) is 1.17. The van der Waals surface area contributed by atoms with E-state index in [1.807, 2.05) is 26.0 Å². The summed E-state index contributed by atoms with van der Waals surface area (Å²) in [7, 11) is 0. The molecule has 2 heteroatoms. The average molecular weight is 202 g/mol. The van der Waals surface area contributed by atoms with Crippen LogP contribution in [0.2, 0.25) is 0 Å². The minimum Gasteiger partial charge on any atom is -0.426 e. The van der Waals surface area contributed by atoms with E-state index in [0.717, 1.165) is 5.57 Å². The lowest BCUT2D eigenvalue weighted by atomic mass is 10.2. The van der Waals surface area contributed by atoms with Crippen LogP contribution in [0.15, 0.2) is 53.5 Å². The predicted octanol–water partition coefficient (Wildman–Crippen LogP) is 3.05. The zero-order chi connectivity index (χ0) is 11.1. The van der Waals surface area contributed by atoms with E-state index in [4.69, 9.17) is 4.74 Å². The molecule has 0 N–H and O–H groups in total. The maximum absolute atomic E-state index is 11.1. The molecule has 0 atom stereocenters. The van der Waals surface area contributed by atoms with Crippen molar-refractivity contribution in [1.29, 1.82) is 0 Å². The van der Waals surface area contributed by atoms with Crippen LogP contribution in [-0.4, -0.2) is 5.97 Å². The molecule has 15 heavy (non-hydrogen) atoms. The van der Waals surface area contributed by atoms with Crippen LogP contribution in [0.4, 0.5) is 0 Å². The summed E-state index contributed by atoms with van der Waals surface area (Å²) in [6.45, 7) is 4.00. The van der Waals surface area contributed by atoms with Gasteiger partial charge in [0.25, 0.3) is 0 Å². The van der Waals surface area contributed by atoms with Crippen molar-refractivity contribution in [3.8, 4) is 0 Å². The molecule has 1 aliphatic heterocycles. The lowest BCUT2D eigenvalue weighted by Crippen LogP contribution is -2.00. The summed E-state index contributed by atoms with van der Waals surface area (Å²) in [6.07, 6.45) is 11.1. The first kappa shape index (κ1) is 11.3. The van der Waals surface area contributed by atoms with E-state index < -0.39 is 0 Å². The lowest BCUT2D eigenvalue weighted by Gasteiger charge is -2.03. The molecular weight excluding hydrogens is 188 g/mol. The summed E-state index contributed by atoms with van der Waals surface area (Å²) in [6, 6.07) is 0. The highest BCUT2D eigenvalue weighted by molar-refractivity contribution is 5.74. The van der Waals surface area contributed by atoms with Gasteiger partial charge >= 0.3 is 5.97 Å². The molecule has 2 nitrogen and oxygen atoms in total. The Morgan fingerprint density at radius 1 is 1.27 bits per heavy atom. The number of allylic oxidation sites excluding steroid dienone is 4. The van der Waals surface area contributed by atoms with Gasteiger partial charge in [-0.1, -0.05) is 26.0 Å². The molecule has 0 aromatic rings. The molecule has 2 aliphatic rings. The van der Waals surface area contributed by atoms with Crippen molar-refractivity contribution < 1.29 is 9.53 Å². The van der Waals surface area contributed by atoms with E-state index in [2.05, 4.69) is 5.73 Å². The van der Waals surface area contributed by atoms with Crippen molar-refractivity contribution in [2.24, 2.45) is 0 Å². The largest absolute Gasteiger partial charge is 0.426 e. The van der Waals surface area contributed by atoms with Crippen molar-refractivity contribution >= 4 is 5.97 Å².